The standard InChI is InChI=1S/C24H29NO/c1-23(2)19-14-15-24(23,3)20(16-19)25-22(26)21(17-10-6-4-7-11-17)18-12-8-5-9-13-18/h4-13,19-21H,14-16H2,1-3H3,(H,25,26). The molecule has 0 aliphatic heterocycles. The number of amides is 1. The molecule has 2 nitrogen and oxygen atoms in total. The Morgan fingerprint density at radius 2 is 1.50 bits per heavy atom. The molecule has 136 valence electrons. The number of hydrogen-bond donors (Lipinski definition) is 1. The fourth-order valence-electron chi connectivity index (χ4n) is 5.46. The summed E-state index contributed by atoms with van der Waals surface area (Å²) in [4.78, 5) is 13.4. The van der Waals surface area contributed by atoms with Crippen LogP contribution in [-0.2, 0) is 4.79 Å². The van der Waals surface area contributed by atoms with Gasteiger partial charge in [-0.3, -0.25) is 4.79 Å². The predicted molar refractivity (Wildman–Crippen MR) is 106 cm³/mol. The van der Waals surface area contributed by atoms with E-state index in [0.717, 1.165) is 23.5 Å². The molecule has 0 saturated heterocycles. The summed E-state index contributed by atoms with van der Waals surface area (Å²) in [5, 5.41) is 3.46. The Morgan fingerprint density at radius 1 is 0.962 bits per heavy atom. The summed E-state index contributed by atoms with van der Waals surface area (Å²) in [6, 6.07) is 20.6. The Bertz CT molecular complexity index is 743. The van der Waals surface area contributed by atoms with Gasteiger partial charge < -0.3 is 5.32 Å². The Morgan fingerprint density at radius 3 is 1.92 bits per heavy atom. The molecule has 26 heavy (non-hydrogen) atoms. The van der Waals surface area contributed by atoms with Gasteiger partial charge in [0.15, 0.2) is 0 Å². The van der Waals surface area contributed by atoms with Crippen molar-refractivity contribution in [2.75, 3.05) is 0 Å². The average molecular weight is 348 g/mol. The Labute approximate surface area is 157 Å². The highest BCUT2D eigenvalue weighted by atomic mass is 16.2. The lowest BCUT2D eigenvalue weighted by atomic mass is 9.69. The van der Waals surface area contributed by atoms with Crippen LogP contribution in [0.25, 0.3) is 0 Å². The van der Waals surface area contributed by atoms with Crippen molar-refractivity contribution in [3.05, 3.63) is 71.8 Å². The highest BCUT2D eigenvalue weighted by Gasteiger charge is 2.61. The van der Waals surface area contributed by atoms with Crippen molar-refractivity contribution in [1.29, 1.82) is 0 Å². The van der Waals surface area contributed by atoms with E-state index in [9.17, 15) is 4.79 Å². The number of carbonyl (C=O) groups is 1. The van der Waals surface area contributed by atoms with Crippen molar-refractivity contribution in [2.45, 2.75) is 52.0 Å². The number of fused-ring (bicyclic) bond motifs is 2. The van der Waals surface area contributed by atoms with E-state index in [1.54, 1.807) is 0 Å². The molecule has 2 aliphatic rings. The second-order valence-electron chi connectivity index (χ2n) is 8.93. The zero-order valence-electron chi connectivity index (χ0n) is 16.0. The lowest BCUT2D eigenvalue weighted by Gasteiger charge is -2.40. The van der Waals surface area contributed by atoms with Crippen molar-refractivity contribution in [3.8, 4) is 0 Å². The van der Waals surface area contributed by atoms with Crippen LogP contribution in [0.5, 0.6) is 0 Å². The van der Waals surface area contributed by atoms with Crippen LogP contribution < -0.4 is 5.32 Å². The molecule has 1 N–H and O–H groups in total. The van der Waals surface area contributed by atoms with Crippen LogP contribution in [0.4, 0.5) is 0 Å². The largest absolute Gasteiger partial charge is 0.352 e. The van der Waals surface area contributed by atoms with Crippen molar-refractivity contribution < 1.29 is 4.79 Å². The van der Waals surface area contributed by atoms with Crippen LogP contribution in [0.2, 0.25) is 0 Å². The first kappa shape index (κ1) is 17.3. The lowest BCUT2D eigenvalue weighted by Crippen LogP contribution is -2.48. The summed E-state index contributed by atoms with van der Waals surface area (Å²) < 4.78 is 0. The minimum absolute atomic E-state index is 0.136. The molecule has 2 heteroatoms. The van der Waals surface area contributed by atoms with Crippen LogP contribution >= 0.6 is 0 Å². The summed E-state index contributed by atoms with van der Waals surface area (Å²) in [5.74, 6) is 0.616. The van der Waals surface area contributed by atoms with Crippen molar-refractivity contribution in [1.82, 2.24) is 5.32 Å². The van der Waals surface area contributed by atoms with Gasteiger partial charge in [0.25, 0.3) is 0 Å². The van der Waals surface area contributed by atoms with E-state index in [4.69, 9.17) is 0 Å². The second kappa shape index (κ2) is 6.26. The highest BCUT2D eigenvalue weighted by molar-refractivity contribution is 5.87. The Hall–Kier alpha value is -2.09. The summed E-state index contributed by atoms with van der Waals surface area (Å²) in [6.07, 6.45) is 3.64. The molecule has 2 saturated carbocycles. The molecule has 0 spiro atoms. The van der Waals surface area contributed by atoms with Gasteiger partial charge >= 0.3 is 0 Å². The first-order valence-electron chi connectivity index (χ1n) is 9.84. The molecule has 3 atom stereocenters. The number of rotatable bonds is 4. The van der Waals surface area contributed by atoms with E-state index in [2.05, 4.69) is 50.4 Å². The summed E-state index contributed by atoms with van der Waals surface area (Å²) in [7, 11) is 0. The number of hydrogen-bond acceptors (Lipinski definition) is 1. The zero-order chi connectivity index (χ0) is 18.4. The average Bonchev–Trinajstić information content (AvgIpc) is 2.97. The van der Waals surface area contributed by atoms with E-state index in [0.29, 0.717) is 5.41 Å². The first-order valence-corrected chi connectivity index (χ1v) is 9.84. The number of carbonyl (C=O) groups excluding carboxylic acids is 1. The molecule has 2 aromatic rings. The van der Waals surface area contributed by atoms with Gasteiger partial charge in [0.05, 0.1) is 5.92 Å². The molecular weight excluding hydrogens is 318 g/mol. The molecule has 4 rings (SSSR count). The Balaban J connectivity index is 1.63. The number of nitrogens with one attached hydrogen (secondary N) is 1. The molecule has 2 bridgehead atoms. The second-order valence-corrected chi connectivity index (χ2v) is 8.93. The van der Waals surface area contributed by atoms with E-state index in [1.807, 2.05) is 36.4 Å². The topological polar surface area (TPSA) is 29.1 Å². The molecule has 2 aromatic carbocycles. The maximum atomic E-state index is 13.4. The van der Waals surface area contributed by atoms with Gasteiger partial charge in [0, 0.05) is 6.04 Å². The maximum Gasteiger partial charge on any atom is 0.232 e. The molecule has 2 fully saturated rings. The molecule has 1 amide bonds. The minimum atomic E-state index is -0.247. The normalized spacial score (nSPS) is 29.1. The molecule has 0 radical (unpaired) electrons. The summed E-state index contributed by atoms with van der Waals surface area (Å²) in [5.41, 5.74) is 2.62. The van der Waals surface area contributed by atoms with Gasteiger partial charge in [-0.05, 0) is 47.1 Å². The van der Waals surface area contributed by atoms with E-state index in [-0.39, 0.29) is 23.3 Å². The predicted octanol–water partition coefficient (Wildman–Crippen LogP) is 5.15. The monoisotopic (exact) mass is 347 g/mol. The van der Waals surface area contributed by atoms with Crippen molar-refractivity contribution in [3.63, 3.8) is 0 Å². The molecule has 0 heterocycles. The number of benzene rings is 2. The molecular formula is C24H29NO. The third kappa shape index (κ3) is 2.58. The fourth-order valence-corrected chi connectivity index (χ4v) is 5.46. The van der Waals surface area contributed by atoms with Gasteiger partial charge in [0.1, 0.15) is 0 Å². The van der Waals surface area contributed by atoms with Crippen molar-refractivity contribution in [2.24, 2.45) is 16.7 Å². The van der Waals surface area contributed by atoms with Crippen LogP contribution in [0.15, 0.2) is 60.7 Å². The zero-order valence-corrected chi connectivity index (χ0v) is 16.0. The SMILES string of the molecule is CC1(C)C2CCC1(C)C(NC(=O)C(c1ccccc1)c1ccccc1)C2. The first-order chi connectivity index (χ1) is 12.4. The Kier molecular flexibility index (Phi) is 4.17. The summed E-state index contributed by atoms with van der Waals surface area (Å²) in [6.45, 7) is 7.16. The lowest BCUT2D eigenvalue weighted by molar-refractivity contribution is -0.123. The van der Waals surface area contributed by atoms with Gasteiger partial charge in [-0.15, -0.1) is 0 Å². The molecule has 2 aliphatic carbocycles. The van der Waals surface area contributed by atoms with Gasteiger partial charge in [-0.1, -0.05) is 81.4 Å². The van der Waals surface area contributed by atoms with Crippen molar-refractivity contribution >= 4 is 5.91 Å². The van der Waals surface area contributed by atoms with Crippen LogP contribution in [0.1, 0.15) is 57.1 Å². The quantitative estimate of drug-likeness (QED) is 0.814. The summed E-state index contributed by atoms with van der Waals surface area (Å²) >= 11 is 0. The highest BCUT2D eigenvalue weighted by Crippen LogP contribution is 2.65. The van der Waals surface area contributed by atoms with Crippen LogP contribution in [-0.4, -0.2) is 11.9 Å². The maximum absolute atomic E-state index is 13.4. The smallest absolute Gasteiger partial charge is 0.232 e. The van der Waals surface area contributed by atoms with Crippen LogP contribution in [0, 0.1) is 16.7 Å². The third-order valence-corrected chi connectivity index (χ3v) is 7.64. The van der Waals surface area contributed by atoms with E-state index < -0.39 is 0 Å². The van der Waals surface area contributed by atoms with Gasteiger partial charge in [0.2, 0.25) is 5.91 Å². The van der Waals surface area contributed by atoms with Crippen LogP contribution in [0.3, 0.4) is 0 Å². The molecule has 3 unspecified atom stereocenters. The fraction of sp³-hybridized carbons (Fsp3) is 0.458. The van der Waals surface area contributed by atoms with E-state index in [1.165, 1.54) is 12.8 Å². The molecule has 0 aromatic heterocycles. The van der Waals surface area contributed by atoms with Gasteiger partial charge in [-0.2, -0.15) is 0 Å². The minimum Gasteiger partial charge on any atom is -0.352 e. The third-order valence-electron chi connectivity index (χ3n) is 7.64. The van der Waals surface area contributed by atoms with Gasteiger partial charge in [-0.25, -0.2) is 0 Å². The van der Waals surface area contributed by atoms with E-state index >= 15 is 0 Å².